The van der Waals surface area contributed by atoms with Crippen LogP contribution in [0.25, 0.3) is 0 Å². The maximum atomic E-state index is 11.2. The Balaban J connectivity index is 2.18. The molecule has 2 unspecified atom stereocenters. The van der Waals surface area contributed by atoms with E-state index >= 15 is 0 Å². The predicted molar refractivity (Wildman–Crippen MR) is 54.3 cm³/mol. The first-order valence-electron chi connectivity index (χ1n) is 5.05. The van der Waals surface area contributed by atoms with Gasteiger partial charge in [0.05, 0.1) is 12.1 Å². The van der Waals surface area contributed by atoms with Crippen LogP contribution in [0.15, 0.2) is 4.42 Å². The van der Waals surface area contributed by atoms with Crippen LogP contribution in [0.5, 0.6) is 0 Å². The molecule has 1 fully saturated rings. The number of rotatable bonds is 1. The van der Waals surface area contributed by atoms with E-state index in [1.807, 2.05) is 20.8 Å². The highest BCUT2D eigenvalue weighted by molar-refractivity contribution is 5.82. The summed E-state index contributed by atoms with van der Waals surface area (Å²) in [5, 5.41) is 6.04. The third kappa shape index (κ3) is 1.87. The fourth-order valence-electron chi connectivity index (χ4n) is 1.84. The molecule has 1 aromatic rings. The van der Waals surface area contributed by atoms with Gasteiger partial charge in [0.1, 0.15) is 11.5 Å². The van der Waals surface area contributed by atoms with Crippen molar-refractivity contribution in [1.29, 1.82) is 0 Å². The third-order valence-corrected chi connectivity index (χ3v) is 2.59. The Morgan fingerprint density at radius 3 is 2.73 bits per heavy atom. The zero-order valence-corrected chi connectivity index (χ0v) is 9.13. The van der Waals surface area contributed by atoms with E-state index in [0.29, 0.717) is 12.4 Å². The first-order valence-corrected chi connectivity index (χ1v) is 5.05. The summed E-state index contributed by atoms with van der Waals surface area (Å²) in [6, 6.07) is -0.129. The number of aromatic nitrogens is 1. The molecule has 0 spiro atoms. The number of hydrogen-bond acceptors (Lipinski definition) is 4. The molecular weight excluding hydrogens is 194 g/mol. The quantitative estimate of drug-likeness (QED) is 0.704. The summed E-state index contributed by atoms with van der Waals surface area (Å²) in [4.78, 5) is 15.6. The van der Waals surface area contributed by atoms with Gasteiger partial charge >= 0.3 is 0 Å². The summed E-state index contributed by atoms with van der Waals surface area (Å²) in [7, 11) is 0. The van der Waals surface area contributed by atoms with Gasteiger partial charge in [0.25, 0.3) is 0 Å². The van der Waals surface area contributed by atoms with Crippen LogP contribution in [0.3, 0.4) is 0 Å². The summed E-state index contributed by atoms with van der Waals surface area (Å²) < 4.78 is 5.37. The Morgan fingerprint density at radius 1 is 1.47 bits per heavy atom. The van der Waals surface area contributed by atoms with Crippen LogP contribution in [0.2, 0.25) is 0 Å². The molecule has 2 N–H and O–H groups in total. The molecule has 15 heavy (non-hydrogen) atoms. The minimum Gasteiger partial charge on any atom is -0.446 e. The van der Waals surface area contributed by atoms with Crippen molar-refractivity contribution in [2.24, 2.45) is 0 Å². The molecular formula is C10H15N3O2. The predicted octanol–water partition coefficient (Wildman–Crippen LogP) is 0.440. The van der Waals surface area contributed by atoms with Gasteiger partial charge in [-0.15, -0.1) is 0 Å². The number of nitrogens with zero attached hydrogens (tertiary/aromatic N) is 1. The molecule has 0 aromatic carbocycles. The maximum absolute atomic E-state index is 11.2. The lowest BCUT2D eigenvalue weighted by Crippen LogP contribution is -2.53. The second kappa shape index (κ2) is 3.66. The largest absolute Gasteiger partial charge is 0.446 e. The van der Waals surface area contributed by atoms with Crippen molar-refractivity contribution in [3.8, 4) is 0 Å². The van der Waals surface area contributed by atoms with Crippen LogP contribution in [-0.4, -0.2) is 23.5 Å². The van der Waals surface area contributed by atoms with Gasteiger partial charge in [-0.1, -0.05) is 0 Å². The number of carbonyl (C=O) groups excluding carboxylic acids is 1. The maximum Gasteiger partial charge on any atom is 0.236 e. The summed E-state index contributed by atoms with van der Waals surface area (Å²) in [6.45, 7) is 6.11. The molecule has 0 saturated carbocycles. The van der Waals surface area contributed by atoms with Crippen LogP contribution in [0.4, 0.5) is 0 Å². The normalized spacial score (nSPS) is 26.5. The van der Waals surface area contributed by atoms with E-state index in [-0.39, 0.29) is 18.0 Å². The Bertz CT molecular complexity index is 386. The lowest BCUT2D eigenvalue weighted by molar-refractivity contribution is -0.124. The van der Waals surface area contributed by atoms with Crippen molar-refractivity contribution >= 4 is 5.91 Å². The second-order valence-electron chi connectivity index (χ2n) is 3.86. The number of hydrogen-bond donors (Lipinski definition) is 2. The Labute approximate surface area is 88.3 Å². The number of oxazole rings is 1. The van der Waals surface area contributed by atoms with E-state index < -0.39 is 0 Å². The van der Waals surface area contributed by atoms with Crippen LogP contribution in [-0.2, 0) is 4.79 Å². The first-order chi connectivity index (χ1) is 7.08. The highest BCUT2D eigenvalue weighted by Crippen LogP contribution is 2.19. The molecule has 82 valence electrons. The molecule has 1 aromatic heterocycles. The summed E-state index contributed by atoms with van der Waals surface area (Å²) in [6.07, 6.45) is 0. The SMILES string of the molecule is Cc1nc(C2CNC(=O)C(C)N2)c(C)o1. The van der Waals surface area contributed by atoms with E-state index in [1.54, 1.807) is 0 Å². The van der Waals surface area contributed by atoms with Crippen molar-refractivity contribution in [2.45, 2.75) is 32.9 Å². The molecule has 1 saturated heterocycles. The van der Waals surface area contributed by atoms with Gasteiger partial charge in [-0.3, -0.25) is 10.1 Å². The molecule has 1 aliphatic heterocycles. The zero-order valence-electron chi connectivity index (χ0n) is 9.13. The summed E-state index contributed by atoms with van der Waals surface area (Å²) >= 11 is 0. The van der Waals surface area contributed by atoms with E-state index in [4.69, 9.17) is 4.42 Å². The number of aryl methyl sites for hydroxylation is 2. The Kier molecular flexibility index (Phi) is 2.48. The fraction of sp³-hybridized carbons (Fsp3) is 0.600. The molecule has 2 heterocycles. The molecule has 2 atom stereocenters. The standard InChI is InChI=1S/C10H15N3O2/c1-5-10(14)11-4-8(12-5)9-6(2)15-7(3)13-9/h5,8,12H,4H2,1-3H3,(H,11,14). The lowest BCUT2D eigenvalue weighted by Gasteiger charge is -2.27. The highest BCUT2D eigenvalue weighted by Gasteiger charge is 2.28. The second-order valence-corrected chi connectivity index (χ2v) is 3.86. The summed E-state index contributed by atoms with van der Waals surface area (Å²) in [5.74, 6) is 1.51. The van der Waals surface area contributed by atoms with E-state index in [0.717, 1.165) is 11.5 Å². The number of nitrogens with one attached hydrogen (secondary N) is 2. The average molecular weight is 209 g/mol. The monoisotopic (exact) mass is 209 g/mol. The molecule has 1 amide bonds. The van der Waals surface area contributed by atoms with Crippen molar-refractivity contribution in [1.82, 2.24) is 15.6 Å². The zero-order chi connectivity index (χ0) is 11.0. The van der Waals surface area contributed by atoms with E-state index in [9.17, 15) is 4.79 Å². The molecule has 0 bridgehead atoms. The van der Waals surface area contributed by atoms with E-state index in [2.05, 4.69) is 15.6 Å². The minimum atomic E-state index is -0.180. The van der Waals surface area contributed by atoms with Crippen molar-refractivity contribution in [2.75, 3.05) is 6.54 Å². The highest BCUT2D eigenvalue weighted by atomic mass is 16.4. The smallest absolute Gasteiger partial charge is 0.236 e. The lowest BCUT2D eigenvalue weighted by atomic mass is 10.1. The first kappa shape index (κ1) is 10.2. The Morgan fingerprint density at radius 2 is 2.20 bits per heavy atom. The molecule has 1 aliphatic rings. The van der Waals surface area contributed by atoms with Crippen LogP contribution < -0.4 is 10.6 Å². The molecule has 2 rings (SSSR count). The van der Waals surface area contributed by atoms with Gasteiger partial charge in [0.15, 0.2) is 5.89 Å². The topological polar surface area (TPSA) is 67.2 Å². The fourth-order valence-corrected chi connectivity index (χ4v) is 1.84. The molecule has 5 heteroatoms. The van der Waals surface area contributed by atoms with Gasteiger partial charge in [-0.2, -0.15) is 0 Å². The van der Waals surface area contributed by atoms with Crippen molar-refractivity contribution in [3.05, 3.63) is 17.3 Å². The average Bonchev–Trinajstić information content (AvgIpc) is 2.50. The van der Waals surface area contributed by atoms with Gasteiger partial charge < -0.3 is 9.73 Å². The number of carbonyl (C=O) groups is 1. The van der Waals surface area contributed by atoms with Crippen LogP contribution in [0.1, 0.15) is 30.3 Å². The number of amides is 1. The Hall–Kier alpha value is -1.36. The van der Waals surface area contributed by atoms with Gasteiger partial charge in [0.2, 0.25) is 5.91 Å². The van der Waals surface area contributed by atoms with E-state index in [1.165, 1.54) is 0 Å². The minimum absolute atomic E-state index is 0.0316. The molecule has 0 aliphatic carbocycles. The van der Waals surface area contributed by atoms with Gasteiger partial charge in [-0.05, 0) is 13.8 Å². The van der Waals surface area contributed by atoms with Crippen LogP contribution >= 0.6 is 0 Å². The molecule has 0 radical (unpaired) electrons. The summed E-state index contributed by atoms with van der Waals surface area (Å²) in [5.41, 5.74) is 0.888. The molecule has 5 nitrogen and oxygen atoms in total. The third-order valence-electron chi connectivity index (χ3n) is 2.59. The van der Waals surface area contributed by atoms with Crippen LogP contribution in [0, 0.1) is 13.8 Å². The number of piperazine rings is 1. The van der Waals surface area contributed by atoms with Crippen molar-refractivity contribution < 1.29 is 9.21 Å². The van der Waals surface area contributed by atoms with Crippen molar-refractivity contribution in [3.63, 3.8) is 0 Å². The van der Waals surface area contributed by atoms with Gasteiger partial charge in [-0.25, -0.2) is 4.98 Å². The van der Waals surface area contributed by atoms with Gasteiger partial charge in [0, 0.05) is 13.5 Å².